The molecule has 1 saturated heterocycles. The van der Waals surface area contributed by atoms with E-state index in [2.05, 4.69) is 19.0 Å². The second-order valence-corrected chi connectivity index (χ2v) is 16.0. The molecule has 3 atom stereocenters. The molecule has 1 fully saturated rings. The maximum Gasteiger partial charge on any atom is 0.286 e. The van der Waals surface area contributed by atoms with Crippen molar-refractivity contribution >= 4 is 40.8 Å². The van der Waals surface area contributed by atoms with E-state index in [1.54, 1.807) is 62.9 Å². The zero-order valence-corrected chi connectivity index (χ0v) is 35.2. The SMILES string of the molecule is CCSC(SCC)C1CCCN1C(=O)c1cc(OC)c(OCC(COc2ccc(C3CC(c4cc(OC)c(OC)c(OC)c4)=NO3)cc2OC)OC)cc1[N+](=O)[O-]. The first-order valence-corrected chi connectivity index (χ1v) is 20.6. The van der Waals surface area contributed by atoms with Gasteiger partial charge in [-0.3, -0.25) is 14.9 Å². The molecule has 0 saturated carbocycles. The summed E-state index contributed by atoms with van der Waals surface area (Å²) < 4.78 is 45.6. The van der Waals surface area contributed by atoms with Crippen molar-refractivity contribution in [1.29, 1.82) is 0 Å². The van der Waals surface area contributed by atoms with Gasteiger partial charge in [0.05, 0.1) is 62.9 Å². The lowest BCUT2D eigenvalue weighted by Crippen LogP contribution is -2.41. The summed E-state index contributed by atoms with van der Waals surface area (Å²) in [5.41, 5.74) is 1.93. The largest absolute Gasteiger partial charge is 0.493 e. The molecule has 2 aliphatic rings. The van der Waals surface area contributed by atoms with Crippen LogP contribution in [0.3, 0.4) is 0 Å². The van der Waals surface area contributed by atoms with Gasteiger partial charge < -0.3 is 47.6 Å². The van der Waals surface area contributed by atoms with Gasteiger partial charge in [-0.2, -0.15) is 0 Å². The highest BCUT2D eigenvalue weighted by molar-refractivity contribution is 8.17. The summed E-state index contributed by atoms with van der Waals surface area (Å²) in [6.07, 6.45) is 1.20. The first-order chi connectivity index (χ1) is 27.6. The molecule has 5 rings (SSSR count). The van der Waals surface area contributed by atoms with Crippen LogP contribution in [0.15, 0.2) is 47.6 Å². The maximum absolute atomic E-state index is 13.9. The van der Waals surface area contributed by atoms with Crippen molar-refractivity contribution in [3.8, 4) is 40.2 Å². The van der Waals surface area contributed by atoms with Gasteiger partial charge in [0.2, 0.25) is 5.75 Å². The van der Waals surface area contributed by atoms with Crippen LogP contribution in [0.5, 0.6) is 40.2 Å². The molecule has 2 heterocycles. The molecule has 0 aliphatic carbocycles. The molecule has 3 aromatic rings. The van der Waals surface area contributed by atoms with E-state index < -0.39 is 11.0 Å². The maximum atomic E-state index is 13.9. The third-order valence-electron chi connectivity index (χ3n) is 9.65. The van der Waals surface area contributed by atoms with Crippen LogP contribution < -0.4 is 33.2 Å². The fraction of sp³-hybridized carbons (Fsp3) is 0.500. The number of nitrogens with zero attached hydrogens (tertiary/aromatic N) is 3. The molecule has 0 spiro atoms. The summed E-state index contributed by atoms with van der Waals surface area (Å²) >= 11 is 3.60. The minimum absolute atomic E-state index is 0.0237. The van der Waals surface area contributed by atoms with E-state index in [-0.39, 0.29) is 58.6 Å². The number of rotatable bonds is 21. The highest BCUT2D eigenvalue weighted by Gasteiger charge is 2.38. The van der Waals surface area contributed by atoms with E-state index >= 15 is 0 Å². The zero-order valence-electron chi connectivity index (χ0n) is 33.6. The van der Waals surface area contributed by atoms with Crippen LogP contribution in [0.2, 0.25) is 0 Å². The normalized spacial score (nSPS) is 16.8. The minimum atomic E-state index is -0.596. The summed E-state index contributed by atoms with van der Waals surface area (Å²) in [4.78, 5) is 33.3. The number of carbonyl (C=O) groups excluding carboxylic acids is 1. The van der Waals surface area contributed by atoms with E-state index in [1.165, 1.54) is 26.4 Å². The fourth-order valence-corrected chi connectivity index (χ4v) is 9.62. The molecule has 17 heteroatoms. The molecule has 0 radical (unpaired) electrons. The molecule has 57 heavy (non-hydrogen) atoms. The van der Waals surface area contributed by atoms with Gasteiger partial charge in [-0.1, -0.05) is 25.1 Å². The van der Waals surface area contributed by atoms with Crippen LogP contribution in [-0.4, -0.2) is 112 Å². The van der Waals surface area contributed by atoms with Gasteiger partial charge in [0.1, 0.15) is 24.9 Å². The first-order valence-electron chi connectivity index (χ1n) is 18.5. The van der Waals surface area contributed by atoms with Crippen LogP contribution in [0, 0.1) is 10.1 Å². The highest BCUT2D eigenvalue weighted by atomic mass is 32.2. The number of nitro benzene ring substituents is 1. The number of likely N-dealkylation sites (tertiary alicyclic amines) is 1. The third-order valence-corrected chi connectivity index (χ3v) is 12.4. The lowest BCUT2D eigenvalue weighted by Gasteiger charge is -2.31. The second-order valence-electron chi connectivity index (χ2n) is 12.9. The summed E-state index contributed by atoms with van der Waals surface area (Å²) in [7, 11) is 9.14. The second kappa shape index (κ2) is 20.6. The molecule has 15 nitrogen and oxygen atoms in total. The topological polar surface area (TPSA) is 159 Å². The number of thioether (sulfide) groups is 2. The molecular formula is C40H51N3O12S2. The van der Waals surface area contributed by atoms with Crippen molar-refractivity contribution < 1.29 is 52.5 Å². The zero-order chi connectivity index (χ0) is 41.1. The number of hydrogen-bond acceptors (Lipinski definition) is 15. The molecule has 2 aliphatic heterocycles. The van der Waals surface area contributed by atoms with Crippen molar-refractivity contribution in [2.24, 2.45) is 5.16 Å². The van der Waals surface area contributed by atoms with Gasteiger partial charge in [-0.05, 0) is 54.2 Å². The van der Waals surface area contributed by atoms with Crippen molar-refractivity contribution in [1.82, 2.24) is 4.90 Å². The molecule has 1 amide bonds. The van der Waals surface area contributed by atoms with Crippen LogP contribution >= 0.6 is 23.5 Å². The highest BCUT2D eigenvalue weighted by Crippen LogP contribution is 2.42. The molecule has 0 aromatic heterocycles. The average Bonchev–Trinajstić information content (AvgIpc) is 3.94. The van der Waals surface area contributed by atoms with Gasteiger partial charge in [0.25, 0.3) is 11.6 Å². The Hall–Kier alpha value is -4.74. The Labute approximate surface area is 341 Å². The average molecular weight is 830 g/mol. The third kappa shape index (κ3) is 10.0. The summed E-state index contributed by atoms with van der Waals surface area (Å²) in [5.74, 6) is 4.18. The van der Waals surface area contributed by atoms with E-state index in [0.717, 1.165) is 35.5 Å². The number of benzene rings is 3. The molecule has 0 N–H and O–H groups in total. The van der Waals surface area contributed by atoms with Crippen LogP contribution in [0.4, 0.5) is 5.69 Å². The molecule has 310 valence electrons. The smallest absolute Gasteiger partial charge is 0.286 e. The van der Waals surface area contributed by atoms with Crippen molar-refractivity contribution in [3.05, 3.63) is 69.3 Å². The Balaban J connectivity index is 1.24. The van der Waals surface area contributed by atoms with Crippen molar-refractivity contribution in [3.63, 3.8) is 0 Å². The predicted octanol–water partition coefficient (Wildman–Crippen LogP) is 7.41. The lowest BCUT2D eigenvalue weighted by molar-refractivity contribution is -0.385. The Morgan fingerprint density at radius 3 is 2.07 bits per heavy atom. The minimum Gasteiger partial charge on any atom is -0.493 e. The molecule has 0 bridgehead atoms. The van der Waals surface area contributed by atoms with Crippen LogP contribution in [-0.2, 0) is 9.57 Å². The number of amides is 1. The van der Waals surface area contributed by atoms with Gasteiger partial charge in [-0.25, -0.2) is 0 Å². The summed E-state index contributed by atoms with van der Waals surface area (Å²) in [5, 5.41) is 16.7. The molecule has 3 unspecified atom stereocenters. The van der Waals surface area contributed by atoms with E-state index in [1.807, 2.05) is 24.3 Å². The number of ether oxygens (including phenoxy) is 8. The Kier molecular flexibility index (Phi) is 15.7. The van der Waals surface area contributed by atoms with E-state index in [9.17, 15) is 14.9 Å². The number of methoxy groups -OCH3 is 6. The first kappa shape index (κ1) is 43.4. The Morgan fingerprint density at radius 2 is 1.49 bits per heavy atom. The van der Waals surface area contributed by atoms with Crippen LogP contribution in [0.25, 0.3) is 0 Å². The summed E-state index contributed by atoms with van der Waals surface area (Å²) in [6.45, 7) is 4.75. The van der Waals surface area contributed by atoms with Crippen molar-refractivity contribution in [2.45, 2.75) is 55.9 Å². The standard InChI is InChI=1S/C40H51N3O12S2/c1-9-56-40(57-10-2)29-12-11-15-42(29)39(44)27-19-34(49-5)35(21-30(27)43(45)46)54-23-26(47-3)22-53-31-14-13-24(16-33(31)48-4)32-20-28(41-55-32)25-17-36(50-6)38(52-8)37(18-25)51-7/h13-14,16-19,21,26,29,32,40H,9-12,15,20,22-23H2,1-8H3. The van der Waals surface area contributed by atoms with E-state index in [0.29, 0.717) is 47.4 Å². The summed E-state index contributed by atoms with van der Waals surface area (Å²) in [6, 6.07) is 11.7. The van der Waals surface area contributed by atoms with Gasteiger partial charge in [0.15, 0.2) is 40.6 Å². The number of oxime groups is 1. The number of hydrogen-bond donors (Lipinski definition) is 0. The van der Waals surface area contributed by atoms with Gasteiger partial charge in [0, 0.05) is 31.7 Å². The molecular weight excluding hydrogens is 779 g/mol. The number of nitro groups is 1. The molecule has 3 aromatic carbocycles. The van der Waals surface area contributed by atoms with Crippen molar-refractivity contribution in [2.75, 3.05) is 73.9 Å². The Morgan fingerprint density at radius 1 is 0.860 bits per heavy atom. The predicted molar refractivity (Wildman–Crippen MR) is 220 cm³/mol. The van der Waals surface area contributed by atoms with E-state index in [4.69, 9.17) is 42.7 Å². The fourth-order valence-electron chi connectivity index (χ4n) is 6.75. The van der Waals surface area contributed by atoms with Crippen LogP contribution in [0.1, 0.15) is 60.7 Å². The Bertz CT molecular complexity index is 1870. The number of carbonyl (C=O) groups is 1. The monoisotopic (exact) mass is 829 g/mol. The lowest BCUT2D eigenvalue weighted by atomic mass is 9.99. The van der Waals surface area contributed by atoms with Gasteiger partial charge >= 0.3 is 0 Å². The quantitative estimate of drug-likeness (QED) is 0.0593. The van der Waals surface area contributed by atoms with Gasteiger partial charge in [-0.15, -0.1) is 23.5 Å².